The van der Waals surface area contributed by atoms with Crippen molar-refractivity contribution in [1.82, 2.24) is 15.2 Å². The Labute approximate surface area is 158 Å². The summed E-state index contributed by atoms with van der Waals surface area (Å²) in [5.41, 5.74) is 8.13. The molecule has 1 atom stereocenters. The summed E-state index contributed by atoms with van der Waals surface area (Å²) in [7, 11) is 1.63. The zero-order chi connectivity index (χ0) is 19.2. The molecule has 27 heavy (non-hydrogen) atoms. The minimum absolute atomic E-state index is 0.459. The Morgan fingerprint density at radius 1 is 1.00 bits per heavy atom. The molecule has 0 amide bonds. The molecule has 7 nitrogen and oxygen atoms in total. The van der Waals surface area contributed by atoms with Gasteiger partial charge in [-0.05, 0) is 55.8 Å². The number of hydrogen-bond donors (Lipinski definition) is 2. The molecule has 7 heteroatoms. The van der Waals surface area contributed by atoms with E-state index in [0.717, 1.165) is 16.9 Å². The summed E-state index contributed by atoms with van der Waals surface area (Å²) in [6.45, 7) is 4.98. The van der Waals surface area contributed by atoms with Crippen molar-refractivity contribution in [3.63, 3.8) is 0 Å². The number of methoxy groups -OCH3 is 1. The van der Waals surface area contributed by atoms with Gasteiger partial charge in [0.25, 0.3) is 0 Å². The normalized spacial score (nSPS) is 11.9. The van der Waals surface area contributed by atoms with Gasteiger partial charge in [-0.1, -0.05) is 6.07 Å². The largest absolute Gasteiger partial charge is 0.497 e. The highest BCUT2D eigenvalue weighted by atomic mass is 16.5. The Kier molecular flexibility index (Phi) is 5.93. The lowest BCUT2D eigenvalue weighted by Gasteiger charge is -2.14. The molecule has 2 aromatic carbocycles. The smallest absolute Gasteiger partial charge is 0.181 e. The van der Waals surface area contributed by atoms with E-state index in [9.17, 15) is 0 Å². The fourth-order valence-corrected chi connectivity index (χ4v) is 2.70. The van der Waals surface area contributed by atoms with Crippen molar-refractivity contribution in [2.75, 3.05) is 20.3 Å². The number of H-pyrrole nitrogens is 1. The molecule has 0 unspecified atom stereocenters. The fraction of sp³-hybridized carbons (Fsp3) is 0.300. The Morgan fingerprint density at radius 2 is 1.70 bits per heavy atom. The molecular weight excluding hydrogens is 344 g/mol. The molecule has 0 spiro atoms. The average molecular weight is 368 g/mol. The van der Waals surface area contributed by atoms with E-state index in [-0.39, 0.29) is 0 Å². The van der Waals surface area contributed by atoms with Crippen LogP contribution in [0.5, 0.6) is 17.2 Å². The Balaban J connectivity index is 1.84. The number of nitrogens with two attached hydrogens (primary N) is 1. The second kappa shape index (κ2) is 8.55. The molecule has 1 heterocycles. The highest BCUT2D eigenvalue weighted by Gasteiger charge is 2.17. The van der Waals surface area contributed by atoms with Gasteiger partial charge in [-0.15, -0.1) is 0 Å². The quantitative estimate of drug-likeness (QED) is 0.633. The van der Waals surface area contributed by atoms with Gasteiger partial charge in [0.05, 0.1) is 26.4 Å². The second-order valence-electron chi connectivity index (χ2n) is 5.82. The molecule has 142 valence electrons. The number of benzene rings is 2. The minimum atomic E-state index is -0.459. The summed E-state index contributed by atoms with van der Waals surface area (Å²) in [5, 5.41) is 7.21. The van der Waals surface area contributed by atoms with E-state index in [1.54, 1.807) is 7.11 Å². The van der Waals surface area contributed by atoms with E-state index >= 15 is 0 Å². The predicted molar refractivity (Wildman–Crippen MR) is 103 cm³/mol. The van der Waals surface area contributed by atoms with Crippen molar-refractivity contribution in [2.24, 2.45) is 5.73 Å². The first-order valence-electron chi connectivity index (χ1n) is 8.88. The number of nitrogens with one attached hydrogen (secondary N) is 1. The van der Waals surface area contributed by atoms with Crippen LogP contribution in [0, 0.1) is 0 Å². The van der Waals surface area contributed by atoms with Crippen molar-refractivity contribution in [1.29, 1.82) is 0 Å². The molecule has 3 N–H and O–H groups in total. The van der Waals surface area contributed by atoms with Gasteiger partial charge < -0.3 is 19.9 Å². The number of hydrogen-bond acceptors (Lipinski definition) is 6. The van der Waals surface area contributed by atoms with Gasteiger partial charge in [0.15, 0.2) is 17.3 Å². The van der Waals surface area contributed by atoms with Crippen molar-refractivity contribution in [3.05, 3.63) is 53.9 Å². The molecule has 0 saturated heterocycles. The lowest BCUT2D eigenvalue weighted by atomic mass is 10.1. The fourth-order valence-electron chi connectivity index (χ4n) is 2.70. The standard InChI is InChI=1S/C20H24N4O3/c1-4-26-16-11-8-14(12-17(16)27-5-2)18(21)20-22-19(23-24-20)13-6-9-15(25-3)10-7-13/h6-12,18H,4-5,21H2,1-3H3,(H,22,23,24)/t18-/m1/s1. The first-order valence-corrected chi connectivity index (χ1v) is 8.88. The van der Waals surface area contributed by atoms with Crippen LogP contribution in [0.2, 0.25) is 0 Å². The zero-order valence-electron chi connectivity index (χ0n) is 15.7. The van der Waals surface area contributed by atoms with Gasteiger partial charge in [-0.3, -0.25) is 5.10 Å². The maximum absolute atomic E-state index is 6.39. The van der Waals surface area contributed by atoms with Crippen LogP contribution in [-0.4, -0.2) is 35.5 Å². The Morgan fingerprint density at radius 3 is 2.37 bits per heavy atom. The highest BCUT2D eigenvalue weighted by Crippen LogP contribution is 2.31. The van der Waals surface area contributed by atoms with Crippen molar-refractivity contribution >= 4 is 0 Å². The third-order valence-corrected chi connectivity index (χ3v) is 4.07. The third kappa shape index (κ3) is 4.20. The van der Waals surface area contributed by atoms with E-state index in [0.29, 0.717) is 36.4 Å². The second-order valence-corrected chi connectivity index (χ2v) is 5.82. The van der Waals surface area contributed by atoms with Crippen LogP contribution < -0.4 is 19.9 Å². The summed E-state index contributed by atoms with van der Waals surface area (Å²) in [6, 6.07) is 12.7. The molecule has 0 bridgehead atoms. The van der Waals surface area contributed by atoms with Crippen LogP contribution in [0.15, 0.2) is 42.5 Å². The number of aromatic amines is 1. The number of nitrogens with zero attached hydrogens (tertiary/aromatic N) is 2. The van der Waals surface area contributed by atoms with E-state index in [2.05, 4.69) is 15.2 Å². The first-order chi connectivity index (χ1) is 13.2. The molecule has 0 saturated carbocycles. The summed E-state index contributed by atoms with van der Waals surface area (Å²) < 4.78 is 16.4. The van der Waals surface area contributed by atoms with Crippen LogP contribution in [-0.2, 0) is 0 Å². The molecule has 0 fully saturated rings. The van der Waals surface area contributed by atoms with Gasteiger partial charge in [0.2, 0.25) is 0 Å². The molecule has 0 radical (unpaired) electrons. The number of aromatic nitrogens is 3. The van der Waals surface area contributed by atoms with Crippen LogP contribution in [0.4, 0.5) is 0 Å². The number of rotatable bonds is 8. The van der Waals surface area contributed by atoms with E-state index in [1.807, 2.05) is 56.3 Å². The molecule has 0 aliphatic carbocycles. The maximum Gasteiger partial charge on any atom is 0.181 e. The third-order valence-electron chi connectivity index (χ3n) is 4.07. The lowest BCUT2D eigenvalue weighted by molar-refractivity contribution is 0.287. The van der Waals surface area contributed by atoms with Crippen molar-refractivity contribution < 1.29 is 14.2 Å². The predicted octanol–water partition coefficient (Wildman–Crippen LogP) is 3.33. The topological polar surface area (TPSA) is 95.3 Å². The van der Waals surface area contributed by atoms with E-state index < -0.39 is 6.04 Å². The summed E-state index contributed by atoms with van der Waals surface area (Å²) >= 11 is 0. The summed E-state index contributed by atoms with van der Waals surface area (Å²) in [6.07, 6.45) is 0. The first kappa shape index (κ1) is 18.7. The van der Waals surface area contributed by atoms with Crippen LogP contribution in [0.3, 0.4) is 0 Å². The van der Waals surface area contributed by atoms with Gasteiger partial charge >= 0.3 is 0 Å². The van der Waals surface area contributed by atoms with Crippen molar-refractivity contribution in [2.45, 2.75) is 19.9 Å². The van der Waals surface area contributed by atoms with Gasteiger partial charge in [-0.25, -0.2) is 4.98 Å². The average Bonchev–Trinajstić information content (AvgIpc) is 3.19. The Hall–Kier alpha value is -3.06. The lowest BCUT2D eigenvalue weighted by Crippen LogP contribution is -2.14. The van der Waals surface area contributed by atoms with Crippen molar-refractivity contribution in [3.8, 4) is 28.6 Å². The molecular formula is C20H24N4O3. The molecule has 3 rings (SSSR count). The van der Waals surface area contributed by atoms with Gasteiger partial charge in [0, 0.05) is 5.56 Å². The maximum atomic E-state index is 6.39. The number of ether oxygens (including phenoxy) is 3. The minimum Gasteiger partial charge on any atom is -0.497 e. The van der Waals surface area contributed by atoms with Gasteiger partial charge in [0.1, 0.15) is 11.6 Å². The van der Waals surface area contributed by atoms with E-state index in [1.165, 1.54) is 0 Å². The molecule has 1 aromatic heterocycles. The highest BCUT2D eigenvalue weighted by molar-refractivity contribution is 5.56. The molecule has 3 aromatic rings. The molecule has 0 aliphatic rings. The summed E-state index contributed by atoms with van der Waals surface area (Å²) in [4.78, 5) is 4.54. The Bertz CT molecular complexity index is 877. The van der Waals surface area contributed by atoms with Gasteiger partial charge in [-0.2, -0.15) is 5.10 Å². The van der Waals surface area contributed by atoms with Crippen LogP contribution in [0.1, 0.15) is 31.3 Å². The van der Waals surface area contributed by atoms with Crippen LogP contribution in [0.25, 0.3) is 11.4 Å². The monoisotopic (exact) mass is 368 g/mol. The van der Waals surface area contributed by atoms with E-state index in [4.69, 9.17) is 19.9 Å². The zero-order valence-corrected chi connectivity index (χ0v) is 15.7. The SMILES string of the molecule is CCOc1ccc([C@@H](N)c2nc(-c3ccc(OC)cc3)n[nH]2)cc1OCC. The summed E-state index contributed by atoms with van der Waals surface area (Å²) in [5.74, 6) is 3.31. The molecule has 0 aliphatic heterocycles. The van der Waals surface area contributed by atoms with Crippen LogP contribution >= 0.6 is 0 Å².